The molecule has 91 valence electrons. The third-order valence-electron chi connectivity index (χ3n) is 2.44. The van der Waals surface area contributed by atoms with Crippen molar-refractivity contribution < 1.29 is 29.1 Å². The zero-order valence-corrected chi connectivity index (χ0v) is 11.3. The number of hydrogen-bond donors (Lipinski definition) is 0. The quantitative estimate of drug-likeness (QED) is 0.454. The van der Waals surface area contributed by atoms with Gasteiger partial charge in [0.05, 0.1) is 6.42 Å². The van der Waals surface area contributed by atoms with E-state index in [0.29, 0.717) is 6.42 Å². The summed E-state index contributed by atoms with van der Waals surface area (Å²) in [5.41, 5.74) is 1.20. The van der Waals surface area contributed by atoms with Crippen molar-refractivity contribution in [3.05, 3.63) is 23.8 Å². The molecule has 0 saturated carbocycles. The van der Waals surface area contributed by atoms with Gasteiger partial charge in [0.1, 0.15) is 11.6 Å². The fraction of sp³-hybridized carbons (Fsp3) is 0.538. The molecule has 0 bridgehead atoms. The predicted octanol–water partition coefficient (Wildman–Crippen LogP) is 2.98. The van der Waals surface area contributed by atoms with E-state index >= 15 is 0 Å². The van der Waals surface area contributed by atoms with E-state index in [9.17, 15) is 9.59 Å². The van der Waals surface area contributed by atoms with Crippen LogP contribution in [0.15, 0.2) is 23.8 Å². The average molecular weight is 309 g/mol. The van der Waals surface area contributed by atoms with Gasteiger partial charge in [-0.25, -0.2) is 0 Å². The second kappa shape index (κ2) is 8.58. The summed E-state index contributed by atoms with van der Waals surface area (Å²) in [5.74, 6) is 0.0182. The summed E-state index contributed by atoms with van der Waals surface area (Å²) in [6.07, 6.45) is 11.1. The Labute approximate surface area is 110 Å². The van der Waals surface area contributed by atoms with Crippen LogP contribution in [0.25, 0.3) is 0 Å². The van der Waals surface area contributed by atoms with E-state index in [1.165, 1.54) is 12.5 Å². The summed E-state index contributed by atoms with van der Waals surface area (Å²) in [4.78, 5) is 22.2. The van der Waals surface area contributed by atoms with Crippen molar-refractivity contribution >= 4 is 11.6 Å². The van der Waals surface area contributed by atoms with Gasteiger partial charge in [-0.1, -0.05) is 23.8 Å². The van der Waals surface area contributed by atoms with Gasteiger partial charge in [0.2, 0.25) is 0 Å². The zero-order chi connectivity index (χ0) is 11.1. The van der Waals surface area contributed by atoms with E-state index in [2.05, 4.69) is 18.2 Å². The maximum atomic E-state index is 11.4. The third kappa shape index (κ3) is 6.84. The second-order valence-corrected chi connectivity index (χ2v) is 4.04. The molecule has 0 aliphatic heterocycles. The van der Waals surface area contributed by atoms with Gasteiger partial charge in [-0.15, -0.1) is 0 Å². The summed E-state index contributed by atoms with van der Waals surface area (Å²) in [7, 11) is 0. The number of hydrogen-bond acceptors (Lipinski definition) is 2. The minimum atomic E-state index is -0.0358. The standard InChI is InChI=1S/C13H18O2.Rh/c1-11(14)9-13(15)10-12-7-5-3-2-4-6-8-12;/h2-3,8H,4-7,9-10H2,1H3;. The molecule has 0 spiro atoms. The monoisotopic (exact) mass is 309 g/mol. The number of Topliss-reactive ketones (excluding diaryl/α,β-unsaturated/α-hetero) is 2. The van der Waals surface area contributed by atoms with E-state index < -0.39 is 0 Å². The molecular weight excluding hydrogens is 291 g/mol. The Kier molecular flexibility index (Phi) is 8.28. The third-order valence-corrected chi connectivity index (χ3v) is 2.44. The smallest absolute Gasteiger partial charge is 0.144 e. The first-order valence-electron chi connectivity index (χ1n) is 5.52. The van der Waals surface area contributed by atoms with Crippen molar-refractivity contribution in [3.63, 3.8) is 0 Å². The molecule has 0 heterocycles. The second-order valence-electron chi connectivity index (χ2n) is 4.04. The first-order chi connectivity index (χ1) is 7.18. The van der Waals surface area contributed by atoms with Crippen LogP contribution in [0.2, 0.25) is 0 Å². The molecule has 2 nitrogen and oxygen atoms in total. The van der Waals surface area contributed by atoms with Crippen LogP contribution in [0.1, 0.15) is 45.4 Å². The molecule has 0 unspecified atom stereocenters. The first kappa shape index (κ1) is 15.4. The van der Waals surface area contributed by atoms with Crippen molar-refractivity contribution in [3.8, 4) is 0 Å². The van der Waals surface area contributed by atoms with Gasteiger partial charge >= 0.3 is 0 Å². The predicted molar refractivity (Wildman–Crippen MR) is 60.6 cm³/mol. The van der Waals surface area contributed by atoms with Gasteiger partial charge in [-0.3, -0.25) is 9.59 Å². The Bertz CT molecular complexity index is 303. The Hall–Kier alpha value is -0.557. The summed E-state index contributed by atoms with van der Waals surface area (Å²) in [6, 6.07) is 0. The molecule has 1 aliphatic rings. The minimum absolute atomic E-state index is 0. The molecule has 0 fully saturated rings. The normalized spacial score (nSPS) is 15.4. The minimum Gasteiger partial charge on any atom is -0.300 e. The molecule has 0 aromatic heterocycles. The average Bonchev–Trinajstić information content (AvgIpc) is 2.08. The van der Waals surface area contributed by atoms with Crippen molar-refractivity contribution in [2.45, 2.75) is 45.4 Å². The molecule has 3 heteroatoms. The van der Waals surface area contributed by atoms with Crippen LogP contribution in [-0.4, -0.2) is 11.6 Å². The molecule has 1 aliphatic carbocycles. The number of carbonyl (C=O) groups is 2. The van der Waals surface area contributed by atoms with Crippen LogP contribution in [0.5, 0.6) is 0 Å². The molecule has 0 saturated heterocycles. The van der Waals surface area contributed by atoms with E-state index in [4.69, 9.17) is 0 Å². The van der Waals surface area contributed by atoms with Crippen LogP contribution in [0.4, 0.5) is 0 Å². The Balaban J connectivity index is 0.00000225. The van der Waals surface area contributed by atoms with Crippen molar-refractivity contribution in [1.29, 1.82) is 0 Å². The Morgan fingerprint density at radius 1 is 1.19 bits per heavy atom. The molecular formula is C13H18O2Rh. The van der Waals surface area contributed by atoms with Gasteiger partial charge in [0.25, 0.3) is 0 Å². The Morgan fingerprint density at radius 2 is 1.88 bits per heavy atom. The largest absolute Gasteiger partial charge is 0.300 e. The molecule has 0 aromatic carbocycles. The van der Waals surface area contributed by atoms with Crippen LogP contribution in [-0.2, 0) is 29.1 Å². The van der Waals surface area contributed by atoms with E-state index in [1.54, 1.807) is 0 Å². The number of rotatable bonds is 4. The van der Waals surface area contributed by atoms with Crippen LogP contribution in [0.3, 0.4) is 0 Å². The van der Waals surface area contributed by atoms with Crippen molar-refractivity contribution in [2.24, 2.45) is 0 Å². The summed E-state index contributed by atoms with van der Waals surface area (Å²) >= 11 is 0. The van der Waals surface area contributed by atoms with Crippen LogP contribution in [0, 0.1) is 0 Å². The molecule has 0 aromatic rings. The van der Waals surface area contributed by atoms with Crippen molar-refractivity contribution in [1.82, 2.24) is 0 Å². The number of carbonyl (C=O) groups excluding carboxylic acids is 2. The van der Waals surface area contributed by atoms with Crippen LogP contribution >= 0.6 is 0 Å². The fourth-order valence-electron chi connectivity index (χ4n) is 1.74. The maximum absolute atomic E-state index is 11.4. The summed E-state index contributed by atoms with van der Waals surface area (Å²) in [5, 5.41) is 0. The van der Waals surface area contributed by atoms with Gasteiger partial charge in [0, 0.05) is 25.9 Å². The summed E-state index contributed by atoms with van der Waals surface area (Å²) in [6.45, 7) is 1.47. The SMILES string of the molecule is CC(=O)CC(=O)CC1=CCCC=CCC1.[Rh]. The van der Waals surface area contributed by atoms with Gasteiger partial charge in [-0.05, 0) is 32.6 Å². The van der Waals surface area contributed by atoms with E-state index in [-0.39, 0.29) is 37.5 Å². The van der Waals surface area contributed by atoms with Crippen LogP contribution < -0.4 is 0 Å². The molecule has 0 N–H and O–H groups in total. The Morgan fingerprint density at radius 3 is 2.56 bits per heavy atom. The molecule has 1 radical (unpaired) electrons. The number of allylic oxidation sites excluding steroid dienone is 4. The van der Waals surface area contributed by atoms with Gasteiger partial charge < -0.3 is 0 Å². The zero-order valence-electron chi connectivity index (χ0n) is 9.62. The first-order valence-corrected chi connectivity index (χ1v) is 5.52. The maximum Gasteiger partial charge on any atom is 0.144 e. The molecule has 16 heavy (non-hydrogen) atoms. The molecule has 0 atom stereocenters. The van der Waals surface area contributed by atoms with Crippen molar-refractivity contribution in [2.75, 3.05) is 0 Å². The van der Waals surface area contributed by atoms with E-state index in [1.807, 2.05) is 0 Å². The van der Waals surface area contributed by atoms with Gasteiger partial charge in [0.15, 0.2) is 0 Å². The molecule has 0 amide bonds. The fourth-order valence-corrected chi connectivity index (χ4v) is 1.74. The van der Waals surface area contributed by atoms with E-state index in [0.717, 1.165) is 25.7 Å². The number of ketones is 2. The summed E-state index contributed by atoms with van der Waals surface area (Å²) < 4.78 is 0. The molecule has 1 rings (SSSR count). The van der Waals surface area contributed by atoms with Gasteiger partial charge in [-0.2, -0.15) is 0 Å². The topological polar surface area (TPSA) is 34.1 Å².